The fourth-order valence-electron chi connectivity index (χ4n) is 3.34. The molecule has 2 fully saturated rings. The van der Waals surface area contributed by atoms with Crippen molar-refractivity contribution in [2.24, 2.45) is 5.41 Å². The summed E-state index contributed by atoms with van der Waals surface area (Å²) in [6.07, 6.45) is 4.29. The van der Waals surface area contributed by atoms with Crippen LogP contribution in [0, 0.1) is 5.41 Å². The molecule has 2 aliphatic rings. The molecule has 1 saturated carbocycles. The van der Waals surface area contributed by atoms with Gasteiger partial charge in [0.15, 0.2) is 0 Å². The maximum absolute atomic E-state index is 12.5. The Morgan fingerprint density at radius 1 is 1.12 bits per heavy atom. The molecule has 132 valence electrons. The fourth-order valence-corrected chi connectivity index (χ4v) is 3.34. The van der Waals surface area contributed by atoms with E-state index in [1.54, 1.807) is 0 Å². The molecule has 0 spiro atoms. The van der Waals surface area contributed by atoms with Crippen LogP contribution in [0.1, 0.15) is 38.2 Å². The summed E-state index contributed by atoms with van der Waals surface area (Å²) < 4.78 is 5.76. The van der Waals surface area contributed by atoms with Crippen LogP contribution in [0.5, 0.6) is 0 Å². The molecule has 1 aliphatic carbocycles. The van der Waals surface area contributed by atoms with Gasteiger partial charge in [0.2, 0.25) is 5.91 Å². The van der Waals surface area contributed by atoms with E-state index in [2.05, 4.69) is 28.9 Å². The Bertz CT molecular complexity index is 528. The van der Waals surface area contributed by atoms with Crippen LogP contribution in [-0.2, 0) is 16.1 Å². The Balaban J connectivity index is 1.31. The van der Waals surface area contributed by atoms with Crippen molar-refractivity contribution in [2.45, 2.75) is 39.2 Å². The zero-order valence-corrected chi connectivity index (χ0v) is 14.9. The molecule has 24 heavy (non-hydrogen) atoms. The summed E-state index contributed by atoms with van der Waals surface area (Å²) in [5, 5.41) is 0. The number of nitrogens with zero attached hydrogens (tertiary/aromatic N) is 2. The summed E-state index contributed by atoms with van der Waals surface area (Å²) in [5.74, 6) is 0.385. The zero-order valence-electron chi connectivity index (χ0n) is 14.9. The highest BCUT2D eigenvalue weighted by Crippen LogP contribution is 2.46. The molecule has 0 unspecified atom stereocenters. The van der Waals surface area contributed by atoms with Crippen LogP contribution in [0.25, 0.3) is 0 Å². The van der Waals surface area contributed by atoms with Crippen LogP contribution in [0.15, 0.2) is 30.3 Å². The summed E-state index contributed by atoms with van der Waals surface area (Å²) in [5.41, 5.74) is 1.20. The van der Waals surface area contributed by atoms with Gasteiger partial charge in [-0.25, -0.2) is 0 Å². The van der Waals surface area contributed by atoms with E-state index in [1.165, 1.54) is 5.56 Å². The molecule has 0 radical (unpaired) electrons. The van der Waals surface area contributed by atoms with Crippen LogP contribution >= 0.6 is 0 Å². The zero-order chi connectivity index (χ0) is 16.8. The molecule has 3 rings (SSSR count). The van der Waals surface area contributed by atoms with Gasteiger partial charge in [0.25, 0.3) is 0 Å². The first kappa shape index (κ1) is 17.4. The third-order valence-corrected chi connectivity index (χ3v) is 5.27. The van der Waals surface area contributed by atoms with Gasteiger partial charge in [-0.15, -0.1) is 0 Å². The van der Waals surface area contributed by atoms with Crippen LogP contribution in [0.4, 0.5) is 0 Å². The summed E-state index contributed by atoms with van der Waals surface area (Å²) in [6, 6.07) is 10.3. The lowest BCUT2D eigenvalue weighted by Crippen LogP contribution is -2.39. The van der Waals surface area contributed by atoms with Crippen molar-refractivity contribution in [2.75, 3.05) is 39.3 Å². The predicted molar refractivity (Wildman–Crippen MR) is 95.7 cm³/mol. The highest BCUT2D eigenvalue weighted by molar-refractivity contribution is 5.84. The second-order valence-electron chi connectivity index (χ2n) is 7.44. The Hall–Kier alpha value is -1.39. The maximum atomic E-state index is 12.5. The highest BCUT2D eigenvalue weighted by Gasteiger charge is 2.47. The molecule has 1 aliphatic heterocycles. The molecule has 1 saturated heterocycles. The summed E-state index contributed by atoms with van der Waals surface area (Å²) in [4.78, 5) is 17.0. The van der Waals surface area contributed by atoms with E-state index in [4.69, 9.17) is 4.74 Å². The standard InChI is InChI=1S/C20H30N2O2/c1-20(9-10-20)19(23)22-13-5-11-21(14-15-22)12-6-16-24-17-18-7-3-2-4-8-18/h2-4,7-8H,5-6,9-17H2,1H3. The van der Waals surface area contributed by atoms with Gasteiger partial charge in [-0.05, 0) is 37.8 Å². The molecule has 1 aromatic rings. The second kappa shape index (κ2) is 8.13. The molecule has 0 aromatic heterocycles. The van der Waals surface area contributed by atoms with Crippen molar-refractivity contribution in [1.82, 2.24) is 9.80 Å². The minimum atomic E-state index is -0.0273. The van der Waals surface area contributed by atoms with Crippen molar-refractivity contribution < 1.29 is 9.53 Å². The van der Waals surface area contributed by atoms with Crippen LogP contribution in [0.3, 0.4) is 0 Å². The topological polar surface area (TPSA) is 32.8 Å². The van der Waals surface area contributed by atoms with E-state index in [0.29, 0.717) is 12.5 Å². The average molecular weight is 330 g/mol. The van der Waals surface area contributed by atoms with Gasteiger partial charge in [0.1, 0.15) is 0 Å². The largest absolute Gasteiger partial charge is 0.377 e. The Kier molecular flexibility index (Phi) is 5.90. The van der Waals surface area contributed by atoms with Crippen molar-refractivity contribution >= 4 is 5.91 Å². The van der Waals surface area contributed by atoms with E-state index >= 15 is 0 Å². The van der Waals surface area contributed by atoms with Gasteiger partial charge in [-0.1, -0.05) is 37.3 Å². The van der Waals surface area contributed by atoms with E-state index < -0.39 is 0 Å². The molecule has 1 aromatic carbocycles. The van der Waals surface area contributed by atoms with Crippen LogP contribution in [0.2, 0.25) is 0 Å². The van der Waals surface area contributed by atoms with Gasteiger partial charge in [-0.2, -0.15) is 0 Å². The number of carbonyl (C=O) groups excluding carboxylic acids is 1. The number of ether oxygens (including phenoxy) is 1. The Morgan fingerprint density at radius 3 is 2.67 bits per heavy atom. The molecule has 4 heteroatoms. The number of carbonyl (C=O) groups is 1. The van der Waals surface area contributed by atoms with Crippen molar-refractivity contribution in [3.63, 3.8) is 0 Å². The van der Waals surface area contributed by atoms with Gasteiger partial charge in [0.05, 0.1) is 6.61 Å². The van der Waals surface area contributed by atoms with Crippen molar-refractivity contribution in [3.8, 4) is 0 Å². The minimum Gasteiger partial charge on any atom is -0.377 e. The third kappa shape index (κ3) is 4.81. The third-order valence-electron chi connectivity index (χ3n) is 5.27. The highest BCUT2D eigenvalue weighted by atomic mass is 16.5. The lowest BCUT2D eigenvalue weighted by molar-refractivity contribution is -0.136. The second-order valence-corrected chi connectivity index (χ2v) is 7.44. The molecular formula is C20H30N2O2. The number of hydrogen-bond donors (Lipinski definition) is 0. The SMILES string of the molecule is CC1(C(=O)N2CCCN(CCCOCc3ccccc3)CC2)CC1. The van der Waals surface area contributed by atoms with Crippen molar-refractivity contribution in [3.05, 3.63) is 35.9 Å². The smallest absolute Gasteiger partial charge is 0.228 e. The first-order chi connectivity index (χ1) is 11.7. The Labute approximate surface area is 145 Å². The number of amides is 1. The number of rotatable bonds is 7. The van der Waals surface area contributed by atoms with Gasteiger partial charge >= 0.3 is 0 Å². The van der Waals surface area contributed by atoms with E-state index in [0.717, 1.165) is 65.0 Å². The molecule has 1 amide bonds. The van der Waals surface area contributed by atoms with E-state index in [1.807, 2.05) is 18.2 Å². The number of hydrogen-bond acceptors (Lipinski definition) is 3. The predicted octanol–water partition coefficient (Wildman–Crippen LogP) is 2.93. The quantitative estimate of drug-likeness (QED) is 0.721. The maximum Gasteiger partial charge on any atom is 0.228 e. The van der Waals surface area contributed by atoms with Crippen LogP contribution in [-0.4, -0.2) is 55.0 Å². The Morgan fingerprint density at radius 2 is 1.92 bits per heavy atom. The van der Waals surface area contributed by atoms with Gasteiger partial charge in [-0.3, -0.25) is 4.79 Å². The molecule has 1 heterocycles. The first-order valence-corrected chi connectivity index (χ1v) is 9.31. The monoisotopic (exact) mass is 330 g/mol. The summed E-state index contributed by atoms with van der Waals surface area (Å²) in [7, 11) is 0. The molecular weight excluding hydrogens is 300 g/mol. The molecule has 0 N–H and O–H groups in total. The summed E-state index contributed by atoms with van der Waals surface area (Å²) >= 11 is 0. The van der Waals surface area contributed by atoms with Gasteiger partial charge in [0, 0.05) is 38.2 Å². The van der Waals surface area contributed by atoms with Crippen LogP contribution < -0.4 is 0 Å². The average Bonchev–Trinajstić information content (AvgIpc) is 3.39. The van der Waals surface area contributed by atoms with E-state index in [-0.39, 0.29) is 5.41 Å². The van der Waals surface area contributed by atoms with Crippen molar-refractivity contribution in [1.29, 1.82) is 0 Å². The minimum absolute atomic E-state index is 0.0273. The lowest BCUT2D eigenvalue weighted by Gasteiger charge is -2.24. The van der Waals surface area contributed by atoms with E-state index in [9.17, 15) is 4.79 Å². The first-order valence-electron chi connectivity index (χ1n) is 9.31. The number of benzene rings is 1. The lowest BCUT2D eigenvalue weighted by atomic mass is 10.1. The summed E-state index contributed by atoms with van der Waals surface area (Å²) in [6.45, 7) is 8.58. The molecule has 0 atom stereocenters. The molecule has 0 bridgehead atoms. The molecule has 4 nitrogen and oxygen atoms in total. The normalized spacial score (nSPS) is 20.6. The van der Waals surface area contributed by atoms with Gasteiger partial charge < -0.3 is 14.5 Å². The fraction of sp³-hybridized carbons (Fsp3) is 0.650.